The van der Waals surface area contributed by atoms with E-state index in [9.17, 15) is 9.90 Å². The Morgan fingerprint density at radius 1 is 1.88 bits per heavy atom. The van der Waals surface area contributed by atoms with Gasteiger partial charge in [-0.05, 0) is 6.92 Å². The van der Waals surface area contributed by atoms with E-state index in [0.717, 1.165) is 0 Å². The van der Waals surface area contributed by atoms with E-state index in [1.54, 1.807) is 0 Å². The molecule has 4 nitrogen and oxygen atoms in total. The quantitative estimate of drug-likeness (QED) is 0.417. The van der Waals surface area contributed by atoms with E-state index >= 15 is 0 Å². The number of hydrogen-bond donors (Lipinski definition) is 2. The summed E-state index contributed by atoms with van der Waals surface area (Å²) in [5.74, 6) is -1.43. The molecule has 0 saturated heterocycles. The summed E-state index contributed by atoms with van der Waals surface area (Å²) >= 11 is 0. The summed E-state index contributed by atoms with van der Waals surface area (Å²) in [5, 5.41) is 18.2. The average Bonchev–Trinajstić information content (AvgIpc) is 1.64. The predicted molar refractivity (Wildman–Crippen MR) is 24.7 cm³/mol. The summed E-state index contributed by atoms with van der Waals surface area (Å²) < 4.78 is 0. The molecular weight excluding hydrogens is 110 g/mol. The third kappa shape index (κ3) is 1.90. The molecule has 3 N–H and O–H groups in total. The molecule has 8 heavy (non-hydrogen) atoms. The Kier molecular flexibility index (Phi) is 2.44. The van der Waals surface area contributed by atoms with Crippen molar-refractivity contribution < 1.29 is 15.0 Å². The fourth-order valence-electron chi connectivity index (χ4n) is 0.197. The van der Waals surface area contributed by atoms with Gasteiger partial charge in [0.05, 0.1) is 18.1 Å². The first-order valence-electron chi connectivity index (χ1n) is 2.20. The molecule has 48 valence electrons. The molecule has 0 aromatic heterocycles. The Morgan fingerprint density at radius 3 is 2.25 bits per heavy atom. The van der Waals surface area contributed by atoms with Crippen LogP contribution in [0, 0.1) is 0 Å². The van der Waals surface area contributed by atoms with Gasteiger partial charge in [-0.25, -0.2) is 0 Å². The lowest BCUT2D eigenvalue weighted by Crippen LogP contribution is -2.48. The fraction of sp³-hybridized carbons (Fsp3) is 0.750. The van der Waals surface area contributed by atoms with Crippen LogP contribution in [0.1, 0.15) is 6.92 Å². The summed E-state index contributed by atoms with van der Waals surface area (Å²) in [4.78, 5) is 9.74. The molecule has 0 heterocycles. The van der Waals surface area contributed by atoms with Gasteiger partial charge in [-0.15, -0.1) is 0 Å². The highest BCUT2D eigenvalue weighted by atomic mass is 16.4. The number of aliphatic carboxylic acids is 1. The minimum Gasteiger partial charge on any atom is -0.548 e. The minimum atomic E-state index is -1.43. The molecule has 0 radical (unpaired) electrons. The molecule has 0 aromatic rings. The van der Waals surface area contributed by atoms with Gasteiger partial charge in [0.25, 0.3) is 0 Å². The van der Waals surface area contributed by atoms with E-state index in [0.29, 0.717) is 0 Å². The first-order chi connectivity index (χ1) is 3.55. The van der Waals surface area contributed by atoms with Crippen molar-refractivity contribution in [3.8, 4) is 0 Å². The average molecular weight is 118 g/mol. The third-order valence-corrected chi connectivity index (χ3v) is 0.792. The number of rotatable bonds is 2. The lowest BCUT2D eigenvalue weighted by atomic mass is 10.2. The van der Waals surface area contributed by atoms with Gasteiger partial charge in [0, 0.05) is 0 Å². The van der Waals surface area contributed by atoms with Gasteiger partial charge < -0.3 is 20.7 Å². The molecule has 0 bridgehead atoms. The van der Waals surface area contributed by atoms with Crippen LogP contribution in [-0.4, -0.2) is 23.2 Å². The Hall–Kier alpha value is -0.610. The summed E-state index contributed by atoms with van der Waals surface area (Å²) in [6.45, 7) is 1.29. The SMILES string of the molecule is CC(O)[C@H](N)C(=O)[O-]. The van der Waals surface area contributed by atoms with Gasteiger partial charge >= 0.3 is 0 Å². The van der Waals surface area contributed by atoms with Crippen molar-refractivity contribution in [2.24, 2.45) is 5.73 Å². The standard InChI is InChI=1S/C4H9NO3/c1-2(6)3(5)4(7)8/h2-3,6H,5H2,1H3,(H,7,8)/p-1/t2?,3-/m0/s1. The second-order valence-corrected chi connectivity index (χ2v) is 1.59. The lowest BCUT2D eigenvalue weighted by molar-refractivity contribution is -0.309. The molecule has 0 saturated carbocycles. The minimum absolute atomic E-state index is 1.04. The van der Waals surface area contributed by atoms with Crippen LogP contribution in [0.15, 0.2) is 0 Å². The Bertz CT molecular complexity index is 91.3. The monoisotopic (exact) mass is 118 g/mol. The third-order valence-electron chi connectivity index (χ3n) is 0.792. The molecule has 0 aliphatic heterocycles. The molecule has 0 fully saturated rings. The van der Waals surface area contributed by atoms with E-state index in [-0.39, 0.29) is 0 Å². The first-order valence-corrected chi connectivity index (χ1v) is 2.20. The van der Waals surface area contributed by atoms with Gasteiger partial charge in [-0.3, -0.25) is 0 Å². The molecule has 0 amide bonds. The first kappa shape index (κ1) is 7.39. The number of carbonyl (C=O) groups excluding carboxylic acids is 1. The van der Waals surface area contributed by atoms with Crippen LogP contribution < -0.4 is 10.8 Å². The number of carboxylic acids is 1. The van der Waals surface area contributed by atoms with Gasteiger partial charge in [0.15, 0.2) is 0 Å². The smallest absolute Gasteiger partial charge is 0.0716 e. The van der Waals surface area contributed by atoms with E-state index < -0.39 is 18.1 Å². The topological polar surface area (TPSA) is 86.4 Å². The van der Waals surface area contributed by atoms with Crippen molar-refractivity contribution >= 4 is 5.97 Å². The maximum atomic E-state index is 9.74. The Balaban J connectivity index is 3.64. The van der Waals surface area contributed by atoms with Crippen molar-refractivity contribution in [2.75, 3.05) is 0 Å². The Morgan fingerprint density at radius 2 is 2.25 bits per heavy atom. The number of aliphatic hydroxyl groups excluding tert-OH is 1. The predicted octanol–water partition coefficient (Wildman–Crippen LogP) is -2.56. The van der Waals surface area contributed by atoms with Crippen molar-refractivity contribution in [1.29, 1.82) is 0 Å². The van der Waals surface area contributed by atoms with Crippen molar-refractivity contribution in [3.05, 3.63) is 0 Å². The van der Waals surface area contributed by atoms with Gasteiger partial charge in [0.1, 0.15) is 0 Å². The molecule has 2 atom stereocenters. The van der Waals surface area contributed by atoms with Crippen molar-refractivity contribution in [2.45, 2.75) is 19.1 Å². The zero-order valence-electron chi connectivity index (χ0n) is 4.50. The van der Waals surface area contributed by atoms with Crippen molar-refractivity contribution in [3.63, 3.8) is 0 Å². The number of carboxylic acid groups (broad SMARTS) is 1. The van der Waals surface area contributed by atoms with E-state index in [4.69, 9.17) is 10.8 Å². The highest BCUT2D eigenvalue weighted by Gasteiger charge is 2.08. The molecule has 0 spiro atoms. The lowest BCUT2D eigenvalue weighted by Gasteiger charge is -2.14. The maximum Gasteiger partial charge on any atom is 0.0716 e. The van der Waals surface area contributed by atoms with Crippen LogP contribution in [0.4, 0.5) is 0 Å². The van der Waals surface area contributed by atoms with Crippen LogP contribution >= 0.6 is 0 Å². The number of aliphatic hydroxyl groups is 1. The largest absolute Gasteiger partial charge is 0.548 e. The van der Waals surface area contributed by atoms with E-state index in [1.807, 2.05) is 0 Å². The zero-order valence-corrected chi connectivity index (χ0v) is 4.50. The number of nitrogens with two attached hydrogens (primary N) is 1. The summed E-state index contributed by atoms with van der Waals surface area (Å²) in [6.07, 6.45) is -1.04. The molecule has 0 rings (SSSR count). The summed E-state index contributed by atoms with van der Waals surface area (Å²) in [7, 11) is 0. The van der Waals surface area contributed by atoms with E-state index in [2.05, 4.69) is 0 Å². The van der Waals surface area contributed by atoms with Crippen LogP contribution in [-0.2, 0) is 4.79 Å². The van der Waals surface area contributed by atoms with Gasteiger partial charge in [-0.2, -0.15) is 0 Å². The van der Waals surface area contributed by atoms with Crippen LogP contribution in [0.5, 0.6) is 0 Å². The van der Waals surface area contributed by atoms with Gasteiger partial charge in [-0.1, -0.05) is 0 Å². The van der Waals surface area contributed by atoms with Crippen LogP contribution in [0.25, 0.3) is 0 Å². The summed E-state index contributed by atoms with van der Waals surface area (Å²) in [5.41, 5.74) is 4.85. The van der Waals surface area contributed by atoms with Gasteiger partial charge in [0.2, 0.25) is 0 Å². The number of hydrogen-bond acceptors (Lipinski definition) is 4. The second-order valence-electron chi connectivity index (χ2n) is 1.59. The zero-order chi connectivity index (χ0) is 6.73. The normalized spacial score (nSPS) is 17.4. The highest BCUT2D eigenvalue weighted by molar-refractivity contribution is 5.71. The van der Waals surface area contributed by atoms with Crippen LogP contribution in [0.3, 0.4) is 0 Å². The molecule has 0 aliphatic carbocycles. The second kappa shape index (κ2) is 2.64. The van der Waals surface area contributed by atoms with Crippen LogP contribution in [0.2, 0.25) is 0 Å². The van der Waals surface area contributed by atoms with E-state index in [1.165, 1.54) is 6.92 Å². The molecule has 4 heteroatoms. The summed E-state index contributed by atoms with van der Waals surface area (Å²) in [6, 6.07) is -1.27. The molecular formula is C4H8NO3-. The highest BCUT2D eigenvalue weighted by Crippen LogP contribution is 1.83. The van der Waals surface area contributed by atoms with Crippen molar-refractivity contribution in [1.82, 2.24) is 0 Å². The Labute approximate surface area is 46.9 Å². The molecule has 0 aliphatic rings. The fourth-order valence-corrected chi connectivity index (χ4v) is 0.197. The molecule has 1 unspecified atom stereocenters. The number of carbonyl (C=O) groups is 1. The maximum absolute atomic E-state index is 9.74. The molecule has 0 aromatic carbocycles.